The average molecular weight is 515 g/mol. The van der Waals surface area contributed by atoms with Crippen LogP contribution in [0.25, 0.3) is 0 Å². The van der Waals surface area contributed by atoms with Gasteiger partial charge in [-0.2, -0.15) is 11.8 Å². The molecule has 1 amide bonds. The molecule has 0 saturated heterocycles. The molecule has 0 aliphatic heterocycles. The molecule has 9 heteroatoms. The Morgan fingerprint density at radius 3 is 2.23 bits per heavy atom. The van der Waals surface area contributed by atoms with Crippen molar-refractivity contribution in [2.24, 2.45) is 0 Å². The van der Waals surface area contributed by atoms with Gasteiger partial charge in [-0.25, -0.2) is 8.42 Å². The second-order valence-corrected chi connectivity index (χ2v) is 10.6. The fraction of sp³-hybridized carbons (Fsp3) is 0.269. The molecule has 35 heavy (non-hydrogen) atoms. The minimum atomic E-state index is -3.99. The standard InChI is InChI=1S/C26H30N2O5S2/c1-32-24-15-14-22(18-25(24)33-2)28(35(30,31)23-12-7-4-8-13-23)19-26(29)27-16-9-17-34-20-21-10-5-3-6-11-21/h3-8,10-15,18H,9,16-17,19-20H2,1-2H3,(H,27,29). The topological polar surface area (TPSA) is 84.9 Å². The zero-order valence-electron chi connectivity index (χ0n) is 19.8. The summed E-state index contributed by atoms with van der Waals surface area (Å²) in [5.74, 6) is 2.25. The summed E-state index contributed by atoms with van der Waals surface area (Å²) < 4.78 is 38.6. The Hall–Kier alpha value is -3.17. The summed E-state index contributed by atoms with van der Waals surface area (Å²) in [5.41, 5.74) is 1.57. The predicted molar refractivity (Wildman–Crippen MR) is 141 cm³/mol. The third kappa shape index (κ3) is 7.40. The first-order chi connectivity index (χ1) is 17.0. The van der Waals surface area contributed by atoms with Gasteiger partial charge in [0.25, 0.3) is 10.0 Å². The van der Waals surface area contributed by atoms with E-state index in [0.717, 1.165) is 22.2 Å². The molecule has 0 atom stereocenters. The fourth-order valence-corrected chi connectivity index (χ4v) is 5.72. The largest absolute Gasteiger partial charge is 0.493 e. The van der Waals surface area contributed by atoms with E-state index < -0.39 is 10.0 Å². The molecular formula is C26H30N2O5S2. The first-order valence-corrected chi connectivity index (χ1v) is 13.7. The van der Waals surface area contributed by atoms with E-state index in [1.807, 2.05) is 18.2 Å². The Bertz CT molecular complexity index is 1190. The highest BCUT2D eigenvalue weighted by Crippen LogP contribution is 2.33. The molecular weight excluding hydrogens is 484 g/mol. The van der Waals surface area contributed by atoms with Crippen LogP contribution in [0.3, 0.4) is 0 Å². The number of amides is 1. The smallest absolute Gasteiger partial charge is 0.264 e. The van der Waals surface area contributed by atoms with Crippen LogP contribution in [-0.2, 0) is 20.6 Å². The van der Waals surface area contributed by atoms with E-state index in [0.29, 0.717) is 23.7 Å². The lowest BCUT2D eigenvalue weighted by molar-refractivity contribution is -0.119. The Morgan fingerprint density at radius 1 is 0.914 bits per heavy atom. The van der Waals surface area contributed by atoms with Gasteiger partial charge in [0, 0.05) is 18.4 Å². The lowest BCUT2D eigenvalue weighted by atomic mass is 10.2. The monoisotopic (exact) mass is 514 g/mol. The first-order valence-electron chi connectivity index (χ1n) is 11.1. The van der Waals surface area contributed by atoms with E-state index in [2.05, 4.69) is 17.4 Å². The molecule has 0 unspecified atom stereocenters. The highest BCUT2D eigenvalue weighted by atomic mass is 32.2. The van der Waals surface area contributed by atoms with E-state index in [4.69, 9.17) is 9.47 Å². The molecule has 0 radical (unpaired) electrons. The summed E-state index contributed by atoms with van der Waals surface area (Å²) in [7, 11) is -1.02. The van der Waals surface area contributed by atoms with Crippen LogP contribution in [0.1, 0.15) is 12.0 Å². The SMILES string of the molecule is COc1ccc(N(CC(=O)NCCCSCc2ccccc2)S(=O)(=O)c2ccccc2)cc1OC. The zero-order valence-corrected chi connectivity index (χ0v) is 21.5. The number of ether oxygens (including phenoxy) is 2. The van der Waals surface area contributed by atoms with E-state index in [1.54, 1.807) is 48.2 Å². The first kappa shape index (κ1) is 26.4. The number of carbonyl (C=O) groups excluding carboxylic acids is 1. The van der Waals surface area contributed by atoms with Crippen molar-refractivity contribution in [3.05, 3.63) is 84.4 Å². The second kappa shape index (κ2) is 13.1. The van der Waals surface area contributed by atoms with Crippen LogP contribution in [0, 0.1) is 0 Å². The minimum absolute atomic E-state index is 0.0971. The summed E-state index contributed by atoms with van der Waals surface area (Å²) in [5, 5.41) is 2.84. The second-order valence-electron chi connectivity index (χ2n) is 7.61. The third-order valence-corrected chi connectivity index (χ3v) is 8.08. The van der Waals surface area contributed by atoms with Crippen molar-refractivity contribution in [2.75, 3.05) is 37.4 Å². The molecule has 186 valence electrons. The Morgan fingerprint density at radius 2 is 1.57 bits per heavy atom. The van der Waals surface area contributed by atoms with Gasteiger partial charge in [0.05, 0.1) is 24.8 Å². The van der Waals surface area contributed by atoms with E-state index >= 15 is 0 Å². The molecule has 3 aromatic carbocycles. The number of nitrogens with one attached hydrogen (secondary N) is 1. The normalized spacial score (nSPS) is 11.0. The number of nitrogens with zero attached hydrogens (tertiary/aromatic N) is 1. The van der Waals surface area contributed by atoms with Gasteiger partial charge in [0.2, 0.25) is 5.91 Å². The van der Waals surface area contributed by atoms with Crippen LogP contribution < -0.4 is 19.1 Å². The van der Waals surface area contributed by atoms with Crippen LogP contribution in [0.15, 0.2) is 83.8 Å². The number of carbonyl (C=O) groups is 1. The minimum Gasteiger partial charge on any atom is -0.493 e. The van der Waals surface area contributed by atoms with Crippen molar-refractivity contribution < 1.29 is 22.7 Å². The highest BCUT2D eigenvalue weighted by molar-refractivity contribution is 7.98. The fourth-order valence-electron chi connectivity index (χ4n) is 3.37. The van der Waals surface area contributed by atoms with Crippen LogP contribution in [-0.4, -0.2) is 47.4 Å². The number of anilines is 1. The number of thioether (sulfide) groups is 1. The van der Waals surface area contributed by atoms with E-state index in [1.165, 1.54) is 31.9 Å². The van der Waals surface area contributed by atoms with Crippen LogP contribution in [0.2, 0.25) is 0 Å². The molecule has 0 fully saturated rings. The summed E-state index contributed by atoms with van der Waals surface area (Å²) in [4.78, 5) is 12.9. The zero-order chi connectivity index (χ0) is 25.1. The van der Waals surface area contributed by atoms with Crippen molar-refractivity contribution >= 4 is 33.4 Å². The van der Waals surface area contributed by atoms with Gasteiger partial charge in [-0.15, -0.1) is 0 Å². The van der Waals surface area contributed by atoms with Gasteiger partial charge in [-0.05, 0) is 42.0 Å². The molecule has 0 heterocycles. The molecule has 3 aromatic rings. The van der Waals surface area contributed by atoms with Gasteiger partial charge < -0.3 is 14.8 Å². The lowest BCUT2D eigenvalue weighted by Crippen LogP contribution is -2.41. The van der Waals surface area contributed by atoms with Crippen molar-refractivity contribution in [1.82, 2.24) is 5.32 Å². The number of sulfonamides is 1. The van der Waals surface area contributed by atoms with Crippen LogP contribution in [0.5, 0.6) is 11.5 Å². The van der Waals surface area contributed by atoms with Gasteiger partial charge in [-0.1, -0.05) is 48.5 Å². The highest BCUT2D eigenvalue weighted by Gasteiger charge is 2.28. The lowest BCUT2D eigenvalue weighted by Gasteiger charge is -2.25. The summed E-state index contributed by atoms with van der Waals surface area (Å²) >= 11 is 1.79. The number of methoxy groups -OCH3 is 2. The van der Waals surface area contributed by atoms with Crippen molar-refractivity contribution in [3.8, 4) is 11.5 Å². The summed E-state index contributed by atoms with van der Waals surface area (Å²) in [6.07, 6.45) is 0.783. The summed E-state index contributed by atoms with van der Waals surface area (Å²) in [6.45, 7) is 0.107. The van der Waals surface area contributed by atoms with Crippen LogP contribution >= 0.6 is 11.8 Å². The number of benzene rings is 3. The number of hydrogen-bond acceptors (Lipinski definition) is 6. The van der Waals surface area contributed by atoms with Crippen molar-refractivity contribution in [1.29, 1.82) is 0 Å². The van der Waals surface area contributed by atoms with Crippen molar-refractivity contribution in [2.45, 2.75) is 17.1 Å². The number of rotatable bonds is 13. The quantitative estimate of drug-likeness (QED) is 0.342. The maximum absolute atomic E-state index is 13.4. The molecule has 0 aliphatic rings. The molecule has 0 aromatic heterocycles. The molecule has 1 N–H and O–H groups in total. The molecule has 7 nitrogen and oxygen atoms in total. The Labute approximate surface area is 211 Å². The molecule has 0 saturated carbocycles. The molecule has 0 spiro atoms. The maximum atomic E-state index is 13.4. The van der Waals surface area contributed by atoms with Crippen LogP contribution in [0.4, 0.5) is 5.69 Å². The Kier molecular flexibility index (Phi) is 9.86. The van der Waals surface area contributed by atoms with Gasteiger partial charge in [0.15, 0.2) is 11.5 Å². The maximum Gasteiger partial charge on any atom is 0.264 e. The van der Waals surface area contributed by atoms with Gasteiger partial charge in [0.1, 0.15) is 6.54 Å². The molecule has 0 aliphatic carbocycles. The third-order valence-electron chi connectivity index (χ3n) is 5.17. The van der Waals surface area contributed by atoms with E-state index in [-0.39, 0.29) is 17.3 Å². The molecule has 3 rings (SSSR count). The Balaban J connectivity index is 1.66. The van der Waals surface area contributed by atoms with Crippen molar-refractivity contribution in [3.63, 3.8) is 0 Å². The number of hydrogen-bond donors (Lipinski definition) is 1. The van der Waals surface area contributed by atoms with E-state index in [9.17, 15) is 13.2 Å². The van der Waals surface area contributed by atoms with Gasteiger partial charge in [-0.3, -0.25) is 9.10 Å². The summed E-state index contributed by atoms with van der Waals surface area (Å²) in [6, 6.07) is 23.0. The predicted octanol–water partition coefficient (Wildman–Crippen LogP) is 4.34. The van der Waals surface area contributed by atoms with Gasteiger partial charge >= 0.3 is 0 Å². The molecule has 0 bridgehead atoms. The average Bonchev–Trinajstić information content (AvgIpc) is 2.89.